The molecular formula is C12H18N2O4. The molecule has 1 aliphatic rings. The summed E-state index contributed by atoms with van der Waals surface area (Å²) in [6.45, 7) is 3.34. The number of imide groups is 1. The first-order valence-electron chi connectivity index (χ1n) is 5.80. The van der Waals surface area contributed by atoms with E-state index in [0.29, 0.717) is 12.5 Å². The minimum Gasteiger partial charge on any atom is -0.478 e. The van der Waals surface area contributed by atoms with E-state index < -0.39 is 17.9 Å². The van der Waals surface area contributed by atoms with Crippen molar-refractivity contribution in [2.45, 2.75) is 26.7 Å². The Morgan fingerprint density at radius 3 is 2.22 bits per heavy atom. The van der Waals surface area contributed by atoms with E-state index in [1.807, 2.05) is 0 Å². The number of carbonyl (C=O) groups excluding carboxylic acids is 2. The largest absolute Gasteiger partial charge is 0.478 e. The molecular weight excluding hydrogens is 236 g/mol. The van der Waals surface area contributed by atoms with Crippen molar-refractivity contribution in [2.75, 3.05) is 13.6 Å². The molecule has 0 saturated heterocycles. The predicted molar refractivity (Wildman–Crippen MR) is 64.9 cm³/mol. The minimum absolute atomic E-state index is 0.0377. The summed E-state index contributed by atoms with van der Waals surface area (Å²) in [7, 11) is 1.62. The number of carboxylic acid groups (broad SMARTS) is 1. The molecule has 0 aliphatic heterocycles. The van der Waals surface area contributed by atoms with Crippen molar-refractivity contribution in [3.05, 3.63) is 11.1 Å². The molecule has 0 atom stereocenters. The normalized spacial score (nSPS) is 15.7. The molecule has 6 nitrogen and oxygen atoms in total. The Labute approximate surface area is 106 Å². The fourth-order valence-electron chi connectivity index (χ4n) is 1.39. The lowest BCUT2D eigenvalue weighted by molar-refractivity contribution is -0.133. The van der Waals surface area contributed by atoms with Gasteiger partial charge >= 0.3 is 12.0 Å². The van der Waals surface area contributed by atoms with Gasteiger partial charge in [0.1, 0.15) is 0 Å². The zero-order valence-corrected chi connectivity index (χ0v) is 10.8. The van der Waals surface area contributed by atoms with E-state index >= 15 is 0 Å². The number of carboxylic acids is 1. The molecule has 2 N–H and O–H groups in total. The average Bonchev–Trinajstić information content (AvgIpc) is 3.10. The highest BCUT2D eigenvalue weighted by atomic mass is 16.4. The molecule has 0 aromatic rings. The van der Waals surface area contributed by atoms with Gasteiger partial charge in [-0.2, -0.15) is 0 Å². The summed E-state index contributed by atoms with van der Waals surface area (Å²) < 4.78 is 0. The third-order valence-electron chi connectivity index (χ3n) is 3.02. The molecule has 1 rings (SSSR count). The Hall–Kier alpha value is -1.85. The van der Waals surface area contributed by atoms with Crippen LogP contribution in [0, 0.1) is 5.92 Å². The topological polar surface area (TPSA) is 86.7 Å². The molecule has 0 radical (unpaired) electrons. The van der Waals surface area contributed by atoms with Gasteiger partial charge in [0.15, 0.2) is 0 Å². The molecule has 6 heteroatoms. The Balaban J connectivity index is 2.55. The number of amides is 3. The van der Waals surface area contributed by atoms with E-state index in [4.69, 9.17) is 5.11 Å². The number of carbonyl (C=O) groups is 3. The standard InChI is InChI=1S/C12H18N2O4/c1-7(8(2)11(16)17)10(15)13-12(18)14(3)6-9-4-5-9/h9H,4-6H2,1-3H3,(H,16,17)(H,13,15,18). The maximum atomic E-state index is 11.6. The molecule has 0 heterocycles. The molecule has 1 aliphatic carbocycles. The van der Waals surface area contributed by atoms with Crippen LogP contribution in [-0.2, 0) is 9.59 Å². The Bertz CT molecular complexity index is 410. The molecule has 1 saturated carbocycles. The van der Waals surface area contributed by atoms with E-state index in [-0.39, 0.29) is 11.1 Å². The zero-order valence-electron chi connectivity index (χ0n) is 10.8. The van der Waals surface area contributed by atoms with Gasteiger partial charge in [0.05, 0.1) is 0 Å². The Kier molecular flexibility index (Phi) is 4.47. The van der Waals surface area contributed by atoms with Crippen molar-refractivity contribution >= 4 is 17.9 Å². The van der Waals surface area contributed by atoms with Crippen molar-refractivity contribution < 1.29 is 19.5 Å². The highest BCUT2D eigenvalue weighted by Crippen LogP contribution is 2.29. The van der Waals surface area contributed by atoms with Crippen LogP contribution < -0.4 is 5.32 Å². The average molecular weight is 254 g/mol. The van der Waals surface area contributed by atoms with Gasteiger partial charge in [0.25, 0.3) is 5.91 Å². The number of hydrogen-bond donors (Lipinski definition) is 2. The summed E-state index contributed by atoms with van der Waals surface area (Å²) in [6.07, 6.45) is 2.23. The lowest BCUT2D eigenvalue weighted by Crippen LogP contribution is -2.42. The Morgan fingerprint density at radius 2 is 1.78 bits per heavy atom. The summed E-state index contributed by atoms with van der Waals surface area (Å²) in [5.41, 5.74) is -0.0270. The molecule has 0 spiro atoms. The first-order chi connectivity index (χ1) is 8.32. The maximum absolute atomic E-state index is 11.6. The summed E-state index contributed by atoms with van der Waals surface area (Å²) >= 11 is 0. The monoisotopic (exact) mass is 254 g/mol. The minimum atomic E-state index is -1.17. The van der Waals surface area contributed by atoms with Crippen LogP contribution in [0.25, 0.3) is 0 Å². The molecule has 0 aromatic carbocycles. The van der Waals surface area contributed by atoms with Crippen molar-refractivity contribution in [3.8, 4) is 0 Å². The summed E-state index contributed by atoms with van der Waals surface area (Å²) in [5, 5.41) is 10.9. The van der Waals surface area contributed by atoms with Crippen molar-refractivity contribution in [1.82, 2.24) is 10.2 Å². The van der Waals surface area contributed by atoms with Crippen molar-refractivity contribution in [2.24, 2.45) is 5.92 Å². The van der Waals surface area contributed by atoms with Crippen LogP contribution in [0.4, 0.5) is 4.79 Å². The van der Waals surface area contributed by atoms with Crippen LogP contribution in [-0.4, -0.2) is 41.5 Å². The van der Waals surface area contributed by atoms with Gasteiger partial charge in [-0.05, 0) is 32.6 Å². The number of urea groups is 1. The Morgan fingerprint density at radius 1 is 1.22 bits per heavy atom. The van der Waals surface area contributed by atoms with E-state index in [1.54, 1.807) is 7.05 Å². The van der Waals surface area contributed by atoms with E-state index in [0.717, 1.165) is 12.8 Å². The third-order valence-corrected chi connectivity index (χ3v) is 3.02. The molecule has 1 fully saturated rings. The number of hydrogen-bond acceptors (Lipinski definition) is 3. The smallest absolute Gasteiger partial charge is 0.331 e. The number of nitrogens with one attached hydrogen (secondary N) is 1. The van der Waals surface area contributed by atoms with Gasteiger partial charge < -0.3 is 10.0 Å². The molecule has 0 bridgehead atoms. The quantitative estimate of drug-likeness (QED) is 0.732. The van der Waals surface area contributed by atoms with E-state index in [2.05, 4.69) is 5.32 Å². The summed E-state index contributed by atoms with van der Waals surface area (Å²) in [4.78, 5) is 35.4. The van der Waals surface area contributed by atoms with Crippen LogP contribution in [0.2, 0.25) is 0 Å². The SMILES string of the molecule is CC(C(=O)O)=C(C)C(=O)NC(=O)N(C)CC1CC1. The van der Waals surface area contributed by atoms with Gasteiger partial charge in [0.2, 0.25) is 0 Å². The van der Waals surface area contributed by atoms with Gasteiger partial charge in [-0.25, -0.2) is 9.59 Å². The van der Waals surface area contributed by atoms with Crippen LogP contribution in [0.1, 0.15) is 26.7 Å². The first kappa shape index (κ1) is 14.2. The van der Waals surface area contributed by atoms with Crippen molar-refractivity contribution in [1.29, 1.82) is 0 Å². The molecule has 100 valence electrons. The van der Waals surface area contributed by atoms with Gasteiger partial charge in [-0.3, -0.25) is 10.1 Å². The van der Waals surface area contributed by atoms with Crippen LogP contribution in [0.5, 0.6) is 0 Å². The van der Waals surface area contributed by atoms with Gasteiger partial charge in [-0.15, -0.1) is 0 Å². The molecule has 0 aromatic heterocycles. The molecule has 0 unspecified atom stereocenters. The number of rotatable bonds is 4. The van der Waals surface area contributed by atoms with Gasteiger partial charge in [-0.1, -0.05) is 0 Å². The van der Waals surface area contributed by atoms with Gasteiger partial charge in [0, 0.05) is 24.7 Å². The summed E-state index contributed by atoms with van der Waals surface area (Å²) in [6, 6.07) is -0.496. The molecule has 3 amide bonds. The number of aliphatic carboxylic acids is 1. The zero-order chi connectivity index (χ0) is 13.9. The fourth-order valence-corrected chi connectivity index (χ4v) is 1.39. The van der Waals surface area contributed by atoms with E-state index in [1.165, 1.54) is 18.7 Å². The first-order valence-corrected chi connectivity index (χ1v) is 5.80. The van der Waals surface area contributed by atoms with Crippen LogP contribution in [0.3, 0.4) is 0 Å². The highest BCUT2D eigenvalue weighted by Gasteiger charge is 2.25. The van der Waals surface area contributed by atoms with Crippen LogP contribution >= 0.6 is 0 Å². The third kappa shape index (κ3) is 3.87. The second kappa shape index (κ2) is 5.66. The van der Waals surface area contributed by atoms with E-state index in [9.17, 15) is 14.4 Å². The highest BCUT2D eigenvalue weighted by molar-refractivity contribution is 6.07. The fraction of sp³-hybridized carbons (Fsp3) is 0.583. The maximum Gasteiger partial charge on any atom is 0.331 e. The lowest BCUT2D eigenvalue weighted by atomic mass is 10.1. The lowest BCUT2D eigenvalue weighted by Gasteiger charge is -2.17. The molecule has 18 heavy (non-hydrogen) atoms. The van der Waals surface area contributed by atoms with Crippen molar-refractivity contribution in [3.63, 3.8) is 0 Å². The predicted octanol–water partition coefficient (Wildman–Crippen LogP) is 0.985. The number of nitrogens with zero attached hydrogens (tertiary/aromatic N) is 1. The second-order valence-electron chi connectivity index (χ2n) is 4.64. The summed E-state index contributed by atoms with van der Waals surface area (Å²) in [5.74, 6) is -1.29. The van der Waals surface area contributed by atoms with Crippen LogP contribution in [0.15, 0.2) is 11.1 Å². The second-order valence-corrected chi connectivity index (χ2v) is 4.64.